The molecule has 0 atom stereocenters. The van der Waals surface area contributed by atoms with E-state index in [2.05, 4.69) is 34.3 Å². The normalized spacial score (nSPS) is 20.3. The Morgan fingerprint density at radius 2 is 1.75 bits per heavy atom. The molecule has 28 heavy (non-hydrogen) atoms. The molecule has 0 amide bonds. The molecule has 6 nitrogen and oxygen atoms in total. The summed E-state index contributed by atoms with van der Waals surface area (Å²) >= 11 is 0. The largest absolute Gasteiger partial charge is 0.385 e. The number of rotatable bonds is 12. The Morgan fingerprint density at radius 3 is 2.32 bits per heavy atom. The van der Waals surface area contributed by atoms with Crippen LogP contribution < -0.4 is 10.6 Å². The van der Waals surface area contributed by atoms with Gasteiger partial charge in [0.2, 0.25) is 0 Å². The maximum absolute atomic E-state index is 5.30. The van der Waals surface area contributed by atoms with Crippen molar-refractivity contribution in [1.29, 1.82) is 0 Å². The van der Waals surface area contributed by atoms with Crippen molar-refractivity contribution in [2.24, 2.45) is 10.4 Å². The minimum absolute atomic E-state index is 0. The number of nitrogens with zero attached hydrogens (tertiary/aromatic N) is 3. The first-order valence-electron chi connectivity index (χ1n) is 11.2. The standard InChI is InChI=1S/C21H43N5O.HI/c1-4-22-20(24-19-21(9-8-10-21)11-18-27-3)23-12-6-7-13-26-16-14-25(5-2)15-17-26;/h4-19H2,1-3H3,(H2,22,23,24);1H. The van der Waals surface area contributed by atoms with Gasteiger partial charge in [-0.3, -0.25) is 4.99 Å². The van der Waals surface area contributed by atoms with Gasteiger partial charge in [0.25, 0.3) is 0 Å². The smallest absolute Gasteiger partial charge is 0.191 e. The van der Waals surface area contributed by atoms with Crippen molar-refractivity contribution in [3.8, 4) is 0 Å². The van der Waals surface area contributed by atoms with Crippen LogP contribution in [-0.4, -0.2) is 88.4 Å². The quantitative estimate of drug-likeness (QED) is 0.184. The zero-order chi connectivity index (χ0) is 19.4. The van der Waals surface area contributed by atoms with Gasteiger partial charge in [-0.05, 0) is 57.5 Å². The lowest BCUT2D eigenvalue weighted by atomic mass is 9.67. The van der Waals surface area contributed by atoms with E-state index in [4.69, 9.17) is 9.73 Å². The maximum Gasteiger partial charge on any atom is 0.191 e. The number of ether oxygens (including phenoxy) is 1. The molecule has 7 heteroatoms. The summed E-state index contributed by atoms with van der Waals surface area (Å²) in [7, 11) is 1.80. The molecule has 0 aromatic carbocycles. The van der Waals surface area contributed by atoms with Crippen LogP contribution in [0.4, 0.5) is 0 Å². The lowest BCUT2D eigenvalue weighted by Crippen LogP contribution is -2.46. The topological polar surface area (TPSA) is 52.1 Å². The molecule has 0 aromatic heterocycles. The van der Waals surface area contributed by atoms with E-state index >= 15 is 0 Å². The Labute approximate surface area is 190 Å². The van der Waals surface area contributed by atoms with E-state index in [0.717, 1.165) is 38.6 Å². The first-order chi connectivity index (χ1) is 13.2. The van der Waals surface area contributed by atoms with Crippen LogP contribution in [0.1, 0.15) is 52.4 Å². The van der Waals surface area contributed by atoms with Crippen LogP contribution in [0.3, 0.4) is 0 Å². The monoisotopic (exact) mass is 509 g/mol. The van der Waals surface area contributed by atoms with Crippen LogP contribution >= 0.6 is 24.0 Å². The molecule has 1 saturated heterocycles. The third-order valence-electron chi connectivity index (χ3n) is 6.27. The SMILES string of the molecule is CCNC(=NCC1(CCOC)CCC1)NCCCCN1CCN(CC)CC1.I. The maximum atomic E-state index is 5.30. The highest BCUT2D eigenvalue weighted by Crippen LogP contribution is 2.44. The molecular weight excluding hydrogens is 465 g/mol. The molecule has 1 heterocycles. The third kappa shape index (κ3) is 9.13. The Bertz CT molecular complexity index is 423. The number of nitrogens with one attached hydrogen (secondary N) is 2. The van der Waals surface area contributed by atoms with Crippen LogP contribution in [0.2, 0.25) is 0 Å². The minimum Gasteiger partial charge on any atom is -0.385 e. The lowest BCUT2D eigenvalue weighted by molar-refractivity contribution is 0.0778. The molecule has 0 unspecified atom stereocenters. The van der Waals surface area contributed by atoms with Gasteiger partial charge in [-0.15, -0.1) is 24.0 Å². The van der Waals surface area contributed by atoms with Crippen LogP contribution in [0.5, 0.6) is 0 Å². The molecule has 0 bridgehead atoms. The Hall–Kier alpha value is -0.120. The van der Waals surface area contributed by atoms with E-state index < -0.39 is 0 Å². The molecule has 2 aliphatic rings. The summed E-state index contributed by atoms with van der Waals surface area (Å²) in [6.45, 7) is 15.4. The summed E-state index contributed by atoms with van der Waals surface area (Å²) in [6, 6.07) is 0. The summed E-state index contributed by atoms with van der Waals surface area (Å²) < 4.78 is 5.30. The predicted molar refractivity (Wildman–Crippen MR) is 130 cm³/mol. The number of halogens is 1. The van der Waals surface area contributed by atoms with Crippen LogP contribution in [-0.2, 0) is 4.74 Å². The fraction of sp³-hybridized carbons (Fsp3) is 0.952. The zero-order valence-electron chi connectivity index (χ0n) is 18.5. The summed E-state index contributed by atoms with van der Waals surface area (Å²) in [5.74, 6) is 0.984. The van der Waals surface area contributed by atoms with Gasteiger partial charge < -0.3 is 25.2 Å². The highest BCUT2D eigenvalue weighted by molar-refractivity contribution is 14.0. The average Bonchev–Trinajstić information content (AvgIpc) is 2.67. The van der Waals surface area contributed by atoms with Gasteiger partial charge >= 0.3 is 0 Å². The summed E-state index contributed by atoms with van der Waals surface area (Å²) in [5.41, 5.74) is 0.388. The number of guanidine groups is 1. The molecular formula is C21H44IN5O. The van der Waals surface area contributed by atoms with Crippen molar-refractivity contribution in [2.45, 2.75) is 52.4 Å². The first kappa shape index (κ1) is 25.9. The van der Waals surface area contributed by atoms with Gasteiger partial charge in [-0.1, -0.05) is 13.3 Å². The van der Waals surface area contributed by atoms with Crippen LogP contribution in [0.15, 0.2) is 4.99 Å². The van der Waals surface area contributed by atoms with Crippen LogP contribution in [0.25, 0.3) is 0 Å². The van der Waals surface area contributed by atoms with Gasteiger partial charge in [0.1, 0.15) is 0 Å². The summed E-state index contributed by atoms with van der Waals surface area (Å²) in [5, 5.41) is 6.94. The summed E-state index contributed by atoms with van der Waals surface area (Å²) in [6.07, 6.45) is 7.53. The molecule has 1 saturated carbocycles. The van der Waals surface area contributed by atoms with Gasteiger partial charge in [0, 0.05) is 59.5 Å². The molecule has 2 fully saturated rings. The van der Waals surface area contributed by atoms with E-state index in [9.17, 15) is 0 Å². The number of piperazine rings is 1. The second-order valence-electron chi connectivity index (χ2n) is 8.20. The van der Waals surface area contributed by atoms with Gasteiger partial charge in [0.15, 0.2) is 5.96 Å². The molecule has 0 spiro atoms. The zero-order valence-corrected chi connectivity index (χ0v) is 20.8. The minimum atomic E-state index is 0. The fourth-order valence-corrected chi connectivity index (χ4v) is 4.07. The Morgan fingerprint density at radius 1 is 1.04 bits per heavy atom. The van der Waals surface area contributed by atoms with Crippen molar-refractivity contribution in [3.05, 3.63) is 0 Å². The van der Waals surface area contributed by atoms with Crippen molar-refractivity contribution in [3.63, 3.8) is 0 Å². The van der Waals surface area contributed by atoms with Crippen LogP contribution in [0, 0.1) is 5.41 Å². The van der Waals surface area contributed by atoms with Crippen molar-refractivity contribution in [1.82, 2.24) is 20.4 Å². The average molecular weight is 510 g/mol. The Balaban J connectivity index is 0.00000392. The number of methoxy groups -OCH3 is 1. The van der Waals surface area contributed by atoms with E-state index in [1.807, 2.05) is 0 Å². The van der Waals surface area contributed by atoms with Gasteiger partial charge in [0.05, 0.1) is 0 Å². The second kappa shape index (κ2) is 14.8. The second-order valence-corrected chi connectivity index (χ2v) is 8.20. The molecule has 0 radical (unpaired) electrons. The van der Waals surface area contributed by atoms with E-state index in [-0.39, 0.29) is 24.0 Å². The molecule has 2 rings (SSSR count). The molecule has 1 aliphatic carbocycles. The van der Waals surface area contributed by atoms with E-state index in [1.54, 1.807) is 7.11 Å². The number of likely N-dealkylation sites (N-methyl/N-ethyl adjacent to an activating group) is 1. The highest BCUT2D eigenvalue weighted by Gasteiger charge is 2.36. The third-order valence-corrected chi connectivity index (χ3v) is 6.27. The summed E-state index contributed by atoms with van der Waals surface area (Å²) in [4.78, 5) is 10.0. The fourth-order valence-electron chi connectivity index (χ4n) is 4.07. The number of aliphatic imine (C=N–C) groups is 1. The number of unbranched alkanes of at least 4 members (excludes halogenated alkanes) is 1. The van der Waals surface area contributed by atoms with Crippen molar-refractivity contribution in [2.75, 3.05) is 72.6 Å². The molecule has 0 aromatic rings. The van der Waals surface area contributed by atoms with Crippen molar-refractivity contribution < 1.29 is 4.74 Å². The highest BCUT2D eigenvalue weighted by atomic mass is 127. The predicted octanol–water partition coefficient (Wildman–Crippen LogP) is 2.78. The Kier molecular flexibility index (Phi) is 13.7. The van der Waals surface area contributed by atoms with E-state index in [0.29, 0.717) is 5.41 Å². The molecule has 2 N–H and O–H groups in total. The molecule has 1 aliphatic heterocycles. The first-order valence-corrected chi connectivity index (χ1v) is 11.2. The lowest BCUT2D eigenvalue weighted by Gasteiger charge is -2.40. The van der Waals surface area contributed by atoms with Gasteiger partial charge in [-0.25, -0.2) is 0 Å². The van der Waals surface area contributed by atoms with Crippen molar-refractivity contribution >= 4 is 29.9 Å². The van der Waals surface area contributed by atoms with E-state index in [1.165, 1.54) is 71.4 Å². The number of hydrogen-bond acceptors (Lipinski definition) is 4. The van der Waals surface area contributed by atoms with Gasteiger partial charge in [-0.2, -0.15) is 0 Å². The molecule has 166 valence electrons. The number of hydrogen-bond donors (Lipinski definition) is 2.